The molecule has 8 heterocycles. The number of aromatic nitrogens is 10. The molecule has 42 heteroatoms. The molecule has 3 aliphatic rings. The van der Waals surface area contributed by atoms with E-state index in [0.29, 0.717) is 0 Å². The quantitative estimate of drug-likeness (QED) is 0.0246. The van der Waals surface area contributed by atoms with E-state index in [1.54, 1.807) is 0 Å². The standard InChI is InChI=1S/C35H49N13O24P4S/c1-44(2)19(50)7-14-15(67-31(22(14)51)48-13-45(3)21-29(48)42-34(37)43-30(21)54)8-65-74(58,59)71-75(60,61)72-76(62,77)66-10-17-25(26(63-4)33(69-17)47-12-40-20-27(36)38-11-39-28(20)47)70-73(56,57)64-9-16-23(52)24(53)32(68-16)46-6-5-18(49)41-35(46)55/h5-6,11-17,22-26,31-33,51-53H,7-10H2,1-4H3,(H9-,36,37,38,39,41,42,43,49,54,55,56,57,58,59,60,61,62,77)/p+1/t14-,15-,16-,17?,22-,23-,24-,25-,26-,31-,32-,33-,76?/m1/s1. The van der Waals surface area contributed by atoms with Gasteiger partial charge in [-0.3, -0.25) is 51.6 Å². The summed E-state index contributed by atoms with van der Waals surface area (Å²) in [6.07, 6.45) is -13.7. The van der Waals surface area contributed by atoms with E-state index >= 15 is 0 Å². The number of methoxy groups -OCH3 is 1. The van der Waals surface area contributed by atoms with Crippen LogP contribution in [0.4, 0.5) is 11.8 Å². The molecule has 3 fully saturated rings. The molecule has 1 amide bonds. The number of fused-ring (bicyclic) bond motifs is 2. The number of hydrogen-bond acceptors (Lipinski definition) is 27. The number of hydrogen-bond donors (Lipinski definition) is 11. The van der Waals surface area contributed by atoms with E-state index in [0.717, 1.165) is 30.3 Å². The predicted octanol–water partition coefficient (Wildman–Crippen LogP) is -4.03. The fraction of sp³-hybridized carbons (Fsp3) is 0.571. The number of nitrogen functional groups attached to an aromatic ring is 2. The van der Waals surface area contributed by atoms with Crippen molar-refractivity contribution >= 4 is 82.0 Å². The Hall–Kier alpha value is -4.69. The fourth-order valence-electron chi connectivity index (χ4n) is 8.51. The molecule has 5 aromatic heterocycles. The number of aliphatic hydroxyl groups is 3. The Morgan fingerprint density at radius 1 is 0.844 bits per heavy atom. The zero-order valence-electron chi connectivity index (χ0n) is 40.1. The second-order valence-electron chi connectivity index (χ2n) is 17.4. The molecule has 37 nitrogen and oxygen atoms in total. The SMILES string of the molecule is CO[C@@H]1[C@H](OP(=O)(O)OC[C@H]2O[C@@H](n3ccc(=O)[nH]c3=O)[C@H](O)[C@@H]2O)C(COP(O)(=S)OP(=O)(O)OP(=O)(O)OC[C@H]2O[C@@H]([n+]3cn(C)c4c(=O)[nH]c(N)nc43)[C@H](O)[C@@H]2CC(=O)N(C)C)O[C@H]1n1cnc2c(N)ncnc21. The van der Waals surface area contributed by atoms with Gasteiger partial charge in [0, 0.05) is 45.8 Å². The van der Waals surface area contributed by atoms with Gasteiger partial charge in [-0.05, 0) is 11.8 Å². The van der Waals surface area contributed by atoms with E-state index < -0.39 is 153 Å². The number of imidazole rings is 2. The number of carbonyl (C=O) groups excluding carboxylic acids is 1. The van der Waals surface area contributed by atoms with Crippen molar-refractivity contribution in [3.8, 4) is 0 Å². The molecular weight excluding hydrogens is 1140 g/mol. The van der Waals surface area contributed by atoms with Crippen molar-refractivity contribution in [2.45, 2.75) is 73.9 Å². The number of anilines is 2. The van der Waals surface area contributed by atoms with Gasteiger partial charge < -0.3 is 74.7 Å². The van der Waals surface area contributed by atoms with E-state index in [-0.39, 0.29) is 34.1 Å². The second-order valence-corrected chi connectivity index (χ2v) is 24.8. The second kappa shape index (κ2) is 22.4. The van der Waals surface area contributed by atoms with Crippen molar-refractivity contribution in [2.24, 2.45) is 13.0 Å². The maximum absolute atomic E-state index is 13.6. The summed E-state index contributed by atoms with van der Waals surface area (Å²) in [6.45, 7) is -8.23. The maximum Gasteiger partial charge on any atom is 0.488 e. The number of aryl methyl sites for hydroxylation is 1. The molecule has 0 saturated carbocycles. The van der Waals surface area contributed by atoms with Crippen LogP contribution in [0.25, 0.3) is 22.3 Å². The van der Waals surface area contributed by atoms with Crippen LogP contribution in [0.15, 0.2) is 45.6 Å². The van der Waals surface area contributed by atoms with Gasteiger partial charge in [0.25, 0.3) is 17.1 Å². The third-order valence-corrected chi connectivity index (χ3v) is 18.2. The first kappa shape index (κ1) is 58.5. The van der Waals surface area contributed by atoms with Crippen molar-refractivity contribution in [1.29, 1.82) is 0 Å². The minimum Gasteiger partial charge on any atom is -0.387 e. The molecular formula is C35H50N13O24P4S+. The number of phosphoric acid groups is 3. The summed E-state index contributed by atoms with van der Waals surface area (Å²) in [4.78, 5) is 115. The van der Waals surface area contributed by atoms with Crippen molar-refractivity contribution in [3.05, 3.63) is 62.4 Å². The molecule has 0 radical (unpaired) electrons. The minimum atomic E-state index is -6.03. The van der Waals surface area contributed by atoms with Crippen LogP contribution in [0.5, 0.6) is 0 Å². The molecule has 0 bridgehead atoms. The molecule has 77 heavy (non-hydrogen) atoms. The first-order valence-corrected chi connectivity index (χ1v) is 29.2. The first-order chi connectivity index (χ1) is 36.0. The van der Waals surface area contributed by atoms with E-state index in [4.69, 9.17) is 60.3 Å². The Balaban J connectivity index is 0.951. The number of rotatable bonds is 21. The van der Waals surface area contributed by atoms with Crippen LogP contribution in [0.3, 0.4) is 0 Å². The van der Waals surface area contributed by atoms with Crippen molar-refractivity contribution in [3.63, 3.8) is 0 Å². The lowest BCUT2D eigenvalue weighted by molar-refractivity contribution is -0.745. The zero-order chi connectivity index (χ0) is 56.3. The van der Waals surface area contributed by atoms with Gasteiger partial charge >= 0.3 is 41.5 Å². The minimum absolute atomic E-state index is 0.00658. The summed E-state index contributed by atoms with van der Waals surface area (Å²) in [5.74, 6) is -2.10. The fourth-order valence-corrected chi connectivity index (χ4v) is 13.9. The van der Waals surface area contributed by atoms with Crippen LogP contribution in [0.2, 0.25) is 0 Å². The molecule has 3 aliphatic heterocycles. The molecule has 0 aliphatic carbocycles. The van der Waals surface area contributed by atoms with Gasteiger partial charge in [-0.15, -0.1) is 0 Å². The van der Waals surface area contributed by atoms with Crippen LogP contribution in [0.1, 0.15) is 25.1 Å². The topological polar surface area (TPSA) is 510 Å². The number of ether oxygens (including phenoxy) is 4. The van der Waals surface area contributed by atoms with Crippen molar-refractivity contribution < 1.29 is 104 Å². The van der Waals surface area contributed by atoms with Crippen LogP contribution < -0.4 is 32.8 Å². The number of nitrogens with two attached hydrogens (primary N) is 2. The summed E-state index contributed by atoms with van der Waals surface area (Å²) in [6, 6.07) is 0.934. The first-order valence-electron chi connectivity index (χ1n) is 22.1. The van der Waals surface area contributed by atoms with E-state index in [9.17, 15) is 67.8 Å². The number of aliphatic hydroxyl groups excluding tert-OH is 3. The number of H-pyrrole nitrogens is 2. The number of phosphoric ester groups is 2. The molecule has 16 atom stereocenters. The molecule has 0 spiro atoms. The largest absolute Gasteiger partial charge is 0.488 e. The van der Waals surface area contributed by atoms with Crippen LogP contribution in [-0.4, -0.2) is 179 Å². The van der Waals surface area contributed by atoms with Crippen LogP contribution in [0, 0.1) is 5.92 Å². The lowest BCUT2D eigenvalue weighted by atomic mass is 9.94. The summed E-state index contributed by atoms with van der Waals surface area (Å²) >= 11 is 4.92. The van der Waals surface area contributed by atoms with Crippen LogP contribution in [-0.2, 0) is 83.0 Å². The molecule has 5 unspecified atom stereocenters. The van der Waals surface area contributed by atoms with Gasteiger partial charge in [0.15, 0.2) is 30.2 Å². The Kier molecular flexibility index (Phi) is 17.0. The average molecular weight is 1190 g/mol. The summed E-state index contributed by atoms with van der Waals surface area (Å²) in [5, 5.41) is 32.8. The highest BCUT2D eigenvalue weighted by atomic mass is 32.5. The third kappa shape index (κ3) is 12.7. The number of amides is 1. The third-order valence-electron chi connectivity index (χ3n) is 12.1. The highest BCUT2D eigenvalue weighted by Gasteiger charge is 2.54. The van der Waals surface area contributed by atoms with E-state index in [2.05, 4.69) is 33.5 Å². The van der Waals surface area contributed by atoms with Crippen molar-refractivity contribution in [2.75, 3.05) is 52.5 Å². The number of aromatic amines is 2. The lowest BCUT2D eigenvalue weighted by Gasteiger charge is -2.26. The smallest absolute Gasteiger partial charge is 0.387 e. The zero-order valence-corrected chi connectivity index (χ0v) is 44.5. The molecule has 0 aromatic carbocycles. The molecule has 3 saturated heterocycles. The van der Waals surface area contributed by atoms with Gasteiger partial charge in [-0.2, -0.15) is 4.31 Å². The van der Waals surface area contributed by atoms with E-state index in [1.165, 1.54) is 52.4 Å². The molecule has 5 aromatic rings. The molecule has 424 valence electrons. The molecule has 13 N–H and O–H groups in total. The summed E-state index contributed by atoms with van der Waals surface area (Å²) in [5.41, 5.74) is 9.33. The van der Waals surface area contributed by atoms with Gasteiger partial charge in [-0.1, -0.05) is 4.98 Å². The highest BCUT2D eigenvalue weighted by Crippen LogP contribution is 2.68. The predicted molar refractivity (Wildman–Crippen MR) is 255 cm³/mol. The summed E-state index contributed by atoms with van der Waals surface area (Å²) < 4.78 is 97.8. The number of carbonyl (C=O) groups is 1. The number of nitrogens with one attached hydrogen (secondary N) is 2. The molecule has 8 rings (SSSR count). The lowest BCUT2D eigenvalue weighted by Crippen LogP contribution is -2.45. The monoisotopic (exact) mass is 1190 g/mol. The Bertz CT molecular complexity index is 3420. The highest BCUT2D eigenvalue weighted by molar-refractivity contribution is 8.08. The van der Waals surface area contributed by atoms with Crippen molar-refractivity contribution in [1.82, 2.24) is 48.5 Å². The van der Waals surface area contributed by atoms with Gasteiger partial charge in [0.2, 0.25) is 17.7 Å². The average Bonchev–Trinajstić information content (AvgIpc) is 4.13. The van der Waals surface area contributed by atoms with Gasteiger partial charge in [0.05, 0.1) is 39.3 Å². The summed E-state index contributed by atoms with van der Waals surface area (Å²) in [7, 11) is -11.8. The maximum atomic E-state index is 13.6. The Morgan fingerprint density at radius 3 is 2.21 bits per heavy atom. The Labute approximate surface area is 434 Å². The van der Waals surface area contributed by atoms with E-state index in [1.807, 2.05) is 4.98 Å². The van der Waals surface area contributed by atoms with Crippen LogP contribution >= 0.6 is 30.2 Å². The normalized spacial score (nSPS) is 29.8. The van der Waals surface area contributed by atoms with Gasteiger partial charge in [0.1, 0.15) is 54.6 Å². The Morgan fingerprint density at radius 2 is 1.52 bits per heavy atom. The van der Waals surface area contributed by atoms with Gasteiger partial charge in [-0.25, -0.2) is 42.3 Å². The number of nitrogens with zero attached hydrogens (tertiary/aromatic N) is 9.